The number of carbonyl (C=O) groups excluding carboxylic acids is 2. The lowest BCUT2D eigenvalue weighted by molar-refractivity contribution is 0.102. The molecule has 2 aromatic carbocycles. The van der Waals surface area contributed by atoms with E-state index in [4.69, 9.17) is 0 Å². The van der Waals surface area contributed by atoms with Gasteiger partial charge in [0.05, 0.1) is 5.56 Å². The molecule has 7 heteroatoms. The van der Waals surface area contributed by atoms with E-state index in [-0.39, 0.29) is 11.6 Å². The highest BCUT2D eigenvalue weighted by atomic mass is 79.9. The van der Waals surface area contributed by atoms with E-state index >= 15 is 0 Å². The number of halogens is 2. The van der Waals surface area contributed by atoms with E-state index in [1.165, 1.54) is 18.2 Å². The van der Waals surface area contributed by atoms with E-state index in [0.29, 0.717) is 23.2 Å². The molecule has 1 aliphatic heterocycles. The molecule has 1 fully saturated rings. The van der Waals surface area contributed by atoms with Gasteiger partial charge in [-0.3, -0.25) is 9.69 Å². The maximum Gasteiger partial charge on any atom is 0.321 e. The number of hydrogen-bond donors (Lipinski definition) is 2. The quantitative estimate of drug-likeness (QED) is 0.861. The van der Waals surface area contributed by atoms with Gasteiger partial charge in [-0.25, -0.2) is 9.18 Å². The average molecular weight is 378 g/mol. The van der Waals surface area contributed by atoms with Crippen molar-refractivity contribution in [3.8, 4) is 0 Å². The third-order valence-electron chi connectivity index (χ3n) is 3.47. The molecule has 2 N–H and O–H groups in total. The van der Waals surface area contributed by atoms with Gasteiger partial charge in [0.15, 0.2) is 0 Å². The van der Waals surface area contributed by atoms with Crippen molar-refractivity contribution in [3.63, 3.8) is 0 Å². The van der Waals surface area contributed by atoms with Crippen molar-refractivity contribution >= 4 is 39.2 Å². The fourth-order valence-corrected chi connectivity index (χ4v) is 2.74. The molecule has 0 aliphatic carbocycles. The lowest BCUT2D eigenvalue weighted by atomic mass is 10.2. The van der Waals surface area contributed by atoms with E-state index in [9.17, 15) is 14.0 Å². The normalized spacial score (nSPS) is 13.8. The third-order valence-corrected chi connectivity index (χ3v) is 4.16. The van der Waals surface area contributed by atoms with Crippen LogP contribution in [0.25, 0.3) is 0 Å². The molecule has 23 heavy (non-hydrogen) atoms. The van der Waals surface area contributed by atoms with E-state index < -0.39 is 11.7 Å². The Hall–Kier alpha value is -2.41. The molecule has 1 heterocycles. The highest BCUT2D eigenvalue weighted by Crippen LogP contribution is 2.22. The summed E-state index contributed by atoms with van der Waals surface area (Å²) in [6.07, 6.45) is 0. The van der Waals surface area contributed by atoms with Gasteiger partial charge < -0.3 is 10.6 Å². The molecule has 1 aliphatic rings. The van der Waals surface area contributed by atoms with E-state index in [1.54, 1.807) is 29.2 Å². The molecule has 5 nitrogen and oxygen atoms in total. The van der Waals surface area contributed by atoms with Gasteiger partial charge in [0.1, 0.15) is 5.82 Å². The maximum absolute atomic E-state index is 13.3. The number of nitrogens with one attached hydrogen (secondary N) is 2. The zero-order chi connectivity index (χ0) is 16.4. The topological polar surface area (TPSA) is 61.4 Å². The second-order valence-electron chi connectivity index (χ2n) is 5.01. The monoisotopic (exact) mass is 377 g/mol. The Kier molecular flexibility index (Phi) is 4.29. The highest BCUT2D eigenvalue weighted by Gasteiger charge is 2.20. The molecule has 118 valence electrons. The summed E-state index contributed by atoms with van der Waals surface area (Å²) in [5, 5.41) is 5.43. The number of urea groups is 1. The largest absolute Gasteiger partial charge is 0.336 e. The molecule has 0 saturated carbocycles. The molecular formula is C16H13BrFN3O2. The van der Waals surface area contributed by atoms with E-state index in [2.05, 4.69) is 26.6 Å². The Morgan fingerprint density at radius 3 is 2.61 bits per heavy atom. The number of hydrogen-bond acceptors (Lipinski definition) is 2. The third kappa shape index (κ3) is 3.34. The summed E-state index contributed by atoms with van der Waals surface area (Å²) < 4.78 is 13.8. The maximum atomic E-state index is 13.3. The Labute approximate surface area is 140 Å². The Morgan fingerprint density at radius 2 is 1.96 bits per heavy atom. The molecule has 0 aromatic heterocycles. The number of benzene rings is 2. The number of carbonyl (C=O) groups is 2. The van der Waals surface area contributed by atoms with Crippen LogP contribution >= 0.6 is 15.9 Å². The molecule has 0 spiro atoms. The van der Waals surface area contributed by atoms with Gasteiger partial charge in [-0.05, 0) is 58.4 Å². The summed E-state index contributed by atoms with van der Waals surface area (Å²) in [5.41, 5.74) is 1.53. The van der Waals surface area contributed by atoms with Crippen LogP contribution in [0.4, 0.5) is 20.6 Å². The van der Waals surface area contributed by atoms with Crippen molar-refractivity contribution < 1.29 is 14.0 Å². The lowest BCUT2D eigenvalue weighted by Crippen LogP contribution is -2.27. The van der Waals surface area contributed by atoms with Crippen molar-refractivity contribution in [2.75, 3.05) is 23.3 Å². The fourth-order valence-electron chi connectivity index (χ4n) is 2.31. The zero-order valence-electron chi connectivity index (χ0n) is 12.0. The van der Waals surface area contributed by atoms with E-state index in [0.717, 1.165) is 5.69 Å². The first-order valence-electron chi connectivity index (χ1n) is 6.96. The number of nitrogens with zero attached hydrogens (tertiary/aromatic N) is 1. The van der Waals surface area contributed by atoms with Gasteiger partial charge >= 0.3 is 6.03 Å². The van der Waals surface area contributed by atoms with Gasteiger partial charge in [-0.2, -0.15) is 0 Å². The SMILES string of the molecule is O=C(Nc1ccc(N2CCNC2=O)cc1)c1cc(F)ccc1Br. The van der Waals surface area contributed by atoms with Crippen LogP contribution in [0.15, 0.2) is 46.9 Å². The minimum atomic E-state index is -0.478. The van der Waals surface area contributed by atoms with Gasteiger partial charge in [0.2, 0.25) is 0 Å². The Balaban J connectivity index is 1.74. The van der Waals surface area contributed by atoms with Crippen LogP contribution in [0, 0.1) is 5.82 Å². The summed E-state index contributed by atoms with van der Waals surface area (Å²) in [6, 6.07) is 10.7. The molecule has 0 unspecified atom stereocenters. The predicted octanol–water partition coefficient (Wildman–Crippen LogP) is 3.37. The van der Waals surface area contributed by atoms with Crippen molar-refractivity contribution in [3.05, 3.63) is 58.3 Å². The van der Waals surface area contributed by atoms with Crippen molar-refractivity contribution in [1.82, 2.24) is 5.32 Å². The molecule has 3 amide bonds. The second kappa shape index (κ2) is 6.37. The standard InChI is InChI=1S/C16H13BrFN3O2/c17-14-6-1-10(18)9-13(14)15(22)20-11-2-4-12(5-3-11)21-8-7-19-16(21)23/h1-6,9H,7-8H2,(H,19,23)(H,20,22). The molecule has 0 bridgehead atoms. The minimum Gasteiger partial charge on any atom is -0.336 e. The van der Waals surface area contributed by atoms with Gasteiger partial charge in [0, 0.05) is 28.9 Å². The molecule has 2 aromatic rings. The van der Waals surface area contributed by atoms with Crippen LogP contribution in [0.1, 0.15) is 10.4 Å². The zero-order valence-corrected chi connectivity index (χ0v) is 13.6. The van der Waals surface area contributed by atoms with Gasteiger partial charge in [-0.15, -0.1) is 0 Å². The summed E-state index contributed by atoms with van der Waals surface area (Å²) in [7, 11) is 0. The van der Waals surface area contributed by atoms with Gasteiger partial charge in [-0.1, -0.05) is 0 Å². The smallest absolute Gasteiger partial charge is 0.321 e. The van der Waals surface area contributed by atoms with Crippen LogP contribution in [0.5, 0.6) is 0 Å². The summed E-state index contributed by atoms with van der Waals surface area (Å²) in [6.45, 7) is 1.23. The highest BCUT2D eigenvalue weighted by molar-refractivity contribution is 9.10. The molecule has 3 rings (SSSR count). The molecule has 0 radical (unpaired) electrons. The van der Waals surface area contributed by atoms with Crippen molar-refractivity contribution in [1.29, 1.82) is 0 Å². The first-order chi connectivity index (χ1) is 11.0. The number of amides is 3. The second-order valence-corrected chi connectivity index (χ2v) is 5.86. The molecule has 0 atom stereocenters. The van der Waals surface area contributed by atoms with Crippen LogP contribution in [-0.2, 0) is 0 Å². The molecular weight excluding hydrogens is 365 g/mol. The summed E-state index contributed by atoms with van der Waals surface area (Å²) in [4.78, 5) is 25.4. The first kappa shape index (κ1) is 15.5. The van der Waals surface area contributed by atoms with Gasteiger partial charge in [0.25, 0.3) is 5.91 Å². The van der Waals surface area contributed by atoms with Crippen LogP contribution in [-0.4, -0.2) is 25.0 Å². The predicted molar refractivity (Wildman–Crippen MR) is 89.2 cm³/mol. The van der Waals surface area contributed by atoms with E-state index in [1.807, 2.05) is 0 Å². The average Bonchev–Trinajstić information content (AvgIpc) is 2.96. The Bertz CT molecular complexity index is 764. The Morgan fingerprint density at radius 1 is 1.22 bits per heavy atom. The molecule has 1 saturated heterocycles. The van der Waals surface area contributed by atoms with Crippen molar-refractivity contribution in [2.24, 2.45) is 0 Å². The first-order valence-corrected chi connectivity index (χ1v) is 7.76. The lowest BCUT2D eigenvalue weighted by Gasteiger charge is -2.15. The van der Waals surface area contributed by atoms with Crippen LogP contribution < -0.4 is 15.5 Å². The fraction of sp³-hybridized carbons (Fsp3) is 0.125. The minimum absolute atomic E-state index is 0.134. The summed E-state index contributed by atoms with van der Waals surface area (Å²) in [5.74, 6) is -0.892. The van der Waals surface area contributed by atoms with Crippen LogP contribution in [0.3, 0.4) is 0 Å². The van der Waals surface area contributed by atoms with Crippen molar-refractivity contribution in [2.45, 2.75) is 0 Å². The number of rotatable bonds is 3. The number of anilines is 2. The van der Waals surface area contributed by atoms with Crippen LogP contribution in [0.2, 0.25) is 0 Å². The summed E-state index contributed by atoms with van der Waals surface area (Å²) >= 11 is 3.23.